The van der Waals surface area contributed by atoms with Crippen LogP contribution in [-0.4, -0.2) is 59.3 Å². The van der Waals surface area contributed by atoms with Crippen molar-refractivity contribution >= 4 is 0 Å². The zero-order valence-electron chi connectivity index (χ0n) is 16.2. The van der Waals surface area contributed by atoms with Gasteiger partial charge < -0.3 is 9.80 Å². The summed E-state index contributed by atoms with van der Waals surface area (Å²) in [6, 6.07) is 13.2. The highest BCUT2D eigenvalue weighted by Crippen LogP contribution is 2.40. The predicted octanol–water partition coefficient (Wildman–Crippen LogP) is 3.71. The monoisotopic (exact) mass is 352 g/mol. The highest BCUT2D eigenvalue weighted by atomic mass is 15.2. The summed E-state index contributed by atoms with van der Waals surface area (Å²) in [4.78, 5) is 5.33. The molecule has 0 bridgehead atoms. The predicted molar refractivity (Wildman–Crippen MR) is 106 cm³/mol. The van der Waals surface area contributed by atoms with Crippen LogP contribution < -0.4 is 0 Å². The molecule has 4 nitrogen and oxygen atoms in total. The fourth-order valence-corrected chi connectivity index (χ4v) is 5.04. The van der Waals surface area contributed by atoms with Gasteiger partial charge in [-0.15, -0.1) is 0 Å². The van der Waals surface area contributed by atoms with E-state index in [1.165, 1.54) is 43.7 Å². The van der Waals surface area contributed by atoms with Crippen molar-refractivity contribution in [3.8, 4) is 0 Å². The molecule has 1 N–H and O–H groups in total. The van der Waals surface area contributed by atoms with Crippen LogP contribution in [0.1, 0.15) is 49.8 Å². The van der Waals surface area contributed by atoms with Crippen LogP contribution in [0.2, 0.25) is 0 Å². The Balaban J connectivity index is 1.48. The maximum Gasteiger partial charge on any atom is 0.0490 e. The molecule has 1 aromatic heterocycles. The van der Waals surface area contributed by atoms with Gasteiger partial charge in [0, 0.05) is 49.9 Å². The van der Waals surface area contributed by atoms with E-state index in [0.717, 1.165) is 19.6 Å². The Kier molecular flexibility index (Phi) is 5.14. The lowest BCUT2D eigenvalue weighted by Crippen LogP contribution is -2.40. The van der Waals surface area contributed by atoms with Gasteiger partial charge in [-0.2, -0.15) is 5.10 Å². The Hall–Kier alpha value is -1.65. The summed E-state index contributed by atoms with van der Waals surface area (Å²) in [7, 11) is 0. The van der Waals surface area contributed by atoms with Gasteiger partial charge in [-0.1, -0.05) is 44.2 Å². The van der Waals surface area contributed by atoms with E-state index in [-0.39, 0.29) is 0 Å². The molecule has 0 aliphatic carbocycles. The number of likely N-dealkylation sites (tertiary alicyclic amines) is 2. The number of hydrogen-bond donors (Lipinski definition) is 1. The van der Waals surface area contributed by atoms with E-state index in [1.807, 2.05) is 6.20 Å². The van der Waals surface area contributed by atoms with Crippen LogP contribution in [0.5, 0.6) is 0 Å². The molecule has 3 heterocycles. The topological polar surface area (TPSA) is 35.2 Å². The molecule has 4 heteroatoms. The molecule has 26 heavy (non-hydrogen) atoms. The van der Waals surface area contributed by atoms with E-state index in [1.54, 1.807) is 0 Å². The Labute approximate surface area is 157 Å². The zero-order valence-corrected chi connectivity index (χ0v) is 16.2. The first-order valence-electron chi connectivity index (χ1n) is 10.1. The largest absolute Gasteiger partial charge is 0.303 e. The van der Waals surface area contributed by atoms with Crippen molar-refractivity contribution in [2.24, 2.45) is 5.41 Å². The van der Waals surface area contributed by atoms with Gasteiger partial charge in [-0.05, 0) is 43.0 Å². The number of nitrogens with zero attached hydrogens (tertiary/aromatic N) is 3. The summed E-state index contributed by atoms with van der Waals surface area (Å²) in [5.41, 5.74) is 3.06. The van der Waals surface area contributed by atoms with Crippen LogP contribution in [0, 0.1) is 5.41 Å². The molecule has 2 aromatic rings. The van der Waals surface area contributed by atoms with Crippen molar-refractivity contribution in [3.05, 3.63) is 53.9 Å². The molecular weight excluding hydrogens is 320 g/mol. The summed E-state index contributed by atoms with van der Waals surface area (Å²) in [5.74, 6) is 1.04. The average Bonchev–Trinajstić information content (AvgIpc) is 3.36. The Bertz CT molecular complexity index is 673. The van der Waals surface area contributed by atoms with Crippen molar-refractivity contribution < 1.29 is 0 Å². The van der Waals surface area contributed by atoms with Crippen molar-refractivity contribution in [2.75, 3.05) is 39.3 Å². The molecule has 0 radical (unpaired) electrons. The quantitative estimate of drug-likeness (QED) is 0.861. The van der Waals surface area contributed by atoms with E-state index in [4.69, 9.17) is 0 Å². The van der Waals surface area contributed by atoms with Crippen LogP contribution in [0.15, 0.2) is 42.6 Å². The third-order valence-corrected chi connectivity index (χ3v) is 6.05. The van der Waals surface area contributed by atoms with Crippen LogP contribution in [-0.2, 0) is 0 Å². The van der Waals surface area contributed by atoms with E-state index < -0.39 is 0 Å². The average molecular weight is 353 g/mol. The van der Waals surface area contributed by atoms with Crippen molar-refractivity contribution in [1.29, 1.82) is 0 Å². The molecule has 2 fully saturated rings. The van der Waals surface area contributed by atoms with Crippen molar-refractivity contribution in [2.45, 2.75) is 38.5 Å². The molecule has 2 aliphatic rings. The van der Waals surface area contributed by atoms with Gasteiger partial charge in [0.25, 0.3) is 0 Å². The zero-order chi connectivity index (χ0) is 18.0. The lowest BCUT2D eigenvalue weighted by atomic mass is 9.87. The maximum absolute atomic E-state index is 4.21. The normalized spacial score (nSPS) is 25.2. The minimum atomic E-state index is 0.328. The first-order valence-corrected chi connectivity index (χ1v) is 10.1. The van der Waals surface area contributed by atoms with E-state index in [0.29, 0.717) is 17.3 Å². The van der Waals surface area contributed by atoms with Gasteiger partial charge in [0.1, 0.15) is 0 Å². The summed E-state index contributed by atoms with van der Waals surface area (Å²) < 4.78 is 0. The molecule has 2 atom stereocenters. The molecule has 0 amide bonds. The molecule has 0 spiro atoms. The Morgan fingerprint density at radius 2 is 1.65 bits per heavy atom. The second-order valence-corrected chi connectivity index (χ2v) is 8.98. The number of hydrogen-bond acceptors (Lipinski definition) is 3. The number of aromatic amines is 1. The van der Waals surface area contributed by atoms with Gasteiger partial charge in [-0.3, -0.25) is 5.10 Å². The first kappa shape index (κ1) is 17.7. The summed E-state index contributed by atoms with van der Waals surface area (Å²) >= 11 is 0. The fourth-order valence-electron chi connectivity index (χ4n) is 5.04. The molecule has 2 saturated heterocycles. The highest BCUT2D eigenvalue weighted by Gasteiger charge is 2.38. The third-order valence-electron chi connectivity index (χ3n) is 6.05. The maximum atomic E-state index is 4.21. The van der Waals surface area contributed by atoms with Crippen LogP contribution in [0.3, 0.4) is 0 Å². The third kappa shape index (κ3) is 4.02. The van der Waals surface area contributed by atoms with E-state index in [9.17, 15) is 0 Å². The van der Waals surface area contributed by atoms with Crippen molar-refractivity contribution in [3.63, 3.8) is 0 Å². The minimum absolute atomic E-state index is 0.328. The smallest absolute Gasteiger partial charge is 0.0490 e. The first-order chi connectivity index (χ1) is 12.6. The number of rotatable bonds is 6. The van der Waals surface area contributed by atoms with Gasteiger partial charge in [0.15, 0.2) is 0 Å². The summed E-state index contributed by atoms with van der Waals surface area (Å²) in [6.07, 6.45) is 4.63. The molecule has 0 unspecified atom stereocenters. The molecule has 2 aliphatic heterocycles. The molecule has 140 valence electrons. The van der Waals surface area contributed by atoms with Crippen LogP contribution >= 0.6 is 0 Å². The number of benzene rings is 1. The van der Waals surface area contributed by atoms with Gasteiger partial charge >= 0.3 is 0 Å². The molecule has 4 rings (SSSR count). The summed E-state index contributed by atoms with van der Waals surface area (Å²) in [5, 5.41) is 7.45. The van der Waals surface area contributed by atoms with Gasteiger partial charge in [0.2, 0.25) is 0 Å². The Morgan fingerprint density at radius 1 is 0.962 bits per heavy atom. The number of aromatic nitrogens is 2. The summed E-state index contributed by atoms with van der Waals surface area (Å²) in [6.45, 7) is 12.1. The van der Waals surface area contributed by atoms with Crippen LogP contribution in [0.25, 0.3) is 0 Å². The highest BCUT2D eigenvalue weighted by molar-refractivity contribution is 5.27. The van der Waals surface area contributed by atoms with Gasteiger partial charge in [-0.25, -0.2) is 0 Å². The SMILES string of the molecule is CC(C)(CN1CCCC1)CN1C[C@@H](c2ccccc2)[C@H](c2ccn[nH]2)C1. The number of nitrogens with one attached hydrogen (secondary N) is 1. The number of H-pyrrole nitrogens is 1. The fraction of sp³-hybridized carbons (Fsp3) is 0.591. The van der Waals surface area contributed by atoms with E-state index in [2.05, 4.69) is 70.2 Å². The van der Waals surface area contributed by atoms with Crippen LogP contribution in [0.4, 0.5) is 0 Å². The lowest BCUT2D eigenvalue weighted by Gasteiger charge is -2.34. The lowest BCUT2D eigenvalue weighted by molar-refractivity contribution is 0.147. The molecular formula is C22H32N4. The van der Waals surface area contributed by atoms with Crippen molar-refractivity contribution in [1.82, 2.24) is 20.0 Å². The molecule has 1 aromatic carbocycles. The standard InChI is InChI=1S/C22H32N4/c1-22(2,16-25-12-6-7-13-25)17-26-14-19(18-8-4-3-5-9-18)20(15-26)21-10-11-23-24-21/h3-5,8-11,19-20H,6-7,12-17H2,1-2H3,(H,23,24)/t19-,20+/m0/s1. The van der Waals surface area contributed by atoms with E-state index >= 15 is 0 Å². The van der Waals surface area contributed by atoms with Gasteiger partial charge in [0.05, 0.1) is 0 Å². The Morgan fingerprint density at radius 3 is 2.35 bits per heavy atom. The molecule has 0 saturated carbocycles. The second kappa shape index (κ2) is 7.53. The second-order valence-electron chi connectivity index (χ2n) is 8.98. The minimum Gasteiger partial charge on any atom is -0.303 e.